The molecule has 0 N–H and O–H groups in total. The molecule has 27 heavy (non-hydrogen) atoms. The Kier molecular flexibility index (Phi) is 4.62. The Balaban J connectivity index is 1.88. The summed E-state index contributed by atoms with van der Waals surface area (Å²) in [6.07, 6.45) is 0.733. The van der Waals surface area contributed by atoms with Gasteiger partial charge in [-0.25, -0.2) is 8.42 Å². The number of rotatable bonds is 3. The summed E-state index contributed by atoms with van der Waals surface area (Å²) in [5.74, 6) is 0. The van der Waals surface area contributed by atoms with E-state index >= 15 is 0 Å². The van der Waals surface area contributed by atoms with Gasteiger partial charge in [0, 0.05) is 6.54 Å². The molecular formula is C23H23NO2S. The van der Waals surface area contributed by atoms with Gasteiger partial charge in [-0.15, -0.1) is 0 Å². The van der Waals surface area contributed by atoms with Crippen molar-refractivity contribution in [3.05, 3.63) is 101 Å². The molecule has 4 heteroatoms. The number of fused-ring (bicyclic) bond motifs is 1. The topological polar surface area (TPSA) is 37.4 Å². The van der Waals surface area contributed by atoms with E-state index in [4.69, 9.17) is 0 Å². The normalized spacial score (nSPS) is 17.5. The van der Waals surface area contributed by atoms with E-state index in [0.717, 1.165) is 23.1 Å². The summed E-state index contributed by atoms with van der Waals surface area (Å²) >= 11 is 0. The molecule has 0 radical (unpaired) electrons. The van der Waals surface area contributed by atoms with Crippen molar-refractivity contribution in [2.24, 2.45) is 0 Å². The SMILES string of the molecule is Cc1ccc(S(=O)(=O)N2CCc3c(C)cccc3C2c2ccccc2)cc1. The number of nitrogens with zero attached hydrogens (tertiary/aromatic N) is 1. The molecule has 3 aromatic rings. The fourth-order valence-corrected chi connectivity index (χ4v) is 5.51. The zero-order valence-corrected chi connectivity index (χ0v) is 16.4. The van der Waals surface area contributed by atoms with Gasteiger partial charge in [-0.3, -0.25) is 0 Å². The van der Waals surface area contributed by atoms with Crippen LogP contribution in [0.15, 0.2) is 77.7 Å². The maximum absolute atomic E-state index is 13.5. The minimum Gasteiger partial charge on any atom is -0.207 e. The number of benzene rings is 3. The van der Waals surface area contributed by atoms with E-state index in [2.05, 4.69) is 19.1 Å². The summed E-state index contributed by atoms with van der Waals surface area (Å²) in [5.41, 5.74) is 5.62. The van der Waals surface area contributed by atoms with Gasteiger partial charge in [0.25, 0.3) is 0 Å². The molecule has 3 aromatic carbocycles. The maximum Gasteiger partial charge on any atom is 0.243 e. The van der Waals surface area contributed by atoms with Crippen LogP contribution in [0.1, 0.15) is 33.9 Å². The van der Waals surface area contributed by atoms with Gasteiger partial charge >= 0.3 is 0 Å². The minimum absolute atomic E-state index is 0.304. The average molecular weight is 378 g/mol. The van der Waals surface area contributed by atoms with Crippen LogP contribution in [0.25, 0.3) is 0 Å². The van der Waals surface area contributed by atoms with Crippen molar-refractivity contribution in [1.29, 1.82) is 0 Å². The van der Waals surface area contributed by atoms with Crippen LogP contribution >= 0.6 is 0 Å². The van der Waals surface area contributed by atoms with Crippen molar-refractivity contribution in [1.82, 2.24) is 4.31 Å². The first kappa shape index (κ1) is 18.0. The predicted molar refractivity (Wildman–Crippen MR) is 108 cm³/mol. The average Bonchev–Trinajstić information content (AvgIpc) is 2.68. The molecule has 138 valence electrons. The molecule has 0 spiro atoms. The number of aryl methyl sites for hydroxylation is 2. The molecule has 0 fully saturated rings. The van der Waals surface area contributed by atoms with E-state index < -0.39 is 10.0 Å². The van der Waals surface area contributed by atoms with E-state index in [1.54, 1.807) is 16.4 Å². The van der Waals surface area contributed by atoms with E-state index in [-0.39, 0.29) is 6.04 Å². The molecule has 1 heterocycles. The van der Waals surface area contributed by atoms with Crippen LogP contribution in [0.4, 0.5) is 0 Å². The summed E-state index contributed by atoms with van der Waals surface area (Å²) < 4.78 is 28.7. The fourth-order valence-electron chi connectivity index (χ4n) is 3.91. The highest BCUT2D eigenvalue weighted by molar-refractivity contribution is 7.89. The summed E-state index contributed by atoms with van der Waals surface area (Å²) in [6.45, 7) is 4.54. The molecule has 1 aliphatic rings. The molecule has 0 amide bonds. The Bertz CT molecular complexity index is 1060. The second-order valence-electron chi connectivity index (χ2n) is 7.13. The van der Waals surface area contributed by atoms with Crippen molar-refractivity contribution in [3.8, 4) is 0 Å². The van der Waals surface area contributed by atoms with Gasteiger partial charge < -0.3 is 0 Å². The van der Waals surface area contributed by atoms with Crippen molar-refractivity contribution >= 4 is 10.0 Å². The van der Waals surface area contributed by atoms with Gasteiger partial charge in [-0.2, -0.15) is 4.31 Å². The standard InChI is InChI=1S/C23H23NO2S/c1-17-11-13-20(14-12-17)27(25,26)24-16-15-21-18(2)7-6-10-22(21)23(24)19-8-4-3-5-9-19/h3-14,23H,15-16H2,1-2H3. The monoisotopic (exact) mass is 377 g/mol. The minimum atomic E-state index is -3.60. The van der Waals surface area contributed by atoms with E-state index in [0.29, 0.717) is 11.4 Å². The first-order valence-electron chi connectivity index (χ1n) is 9.20. The summed E-state index contributed by atoms with van der Waals surface area (Å²) in [5, 5.41) is 0. The largest absolute Gasteiger partial charge is 0.243 e. The van der Waals surface area contributed by atoms with E-state index in [9.17, 15) is 8.42 Å². The number of hydrogen-bond donors (Lipinski definition) is 0. The lowest BCUT2D eigenvalue weighted by atomic mass is 9.87. The van der Waals surface area contributed by atoms with Gasteiger partial charge in [0.05, 0.1) is 10.9 Å². The second kappa shape index (κ2) is 6.95. The molecular weight excluding hydrogens is 354 g/mol. The molecule has 0 aromatic heterocycles. The number of hydrogen-bond acceptors (Lipinski definition) is 2. The van der Waals surface area contributed by atoms with Crippen LogP contribution in [0.5, 0.6) is 0 Å². The fraction of sp³-hybridized carbons (Fsp3) is 0.217. The van der Waals surface area contributed by atoms with Crippen LogP contribution < -0.4 is 0 Å². The maximum atomic E-state index is 13.5. The third-order valence-electron chi connectivity index (χ3n) is 5.35. The van der Waals surface area contributed by atoms with Gasteiger partial charge in [0.2, 0.25) is 10.0 Å². The van der Waals surface area contributed by atoms with Crippen molar-refractivity contribution in [3.63, 3.8) is 0 Å². The first-order chi connectivity index (χ1) is 13.0. The highest BCUT2D eigenvalue weighted by Crippen LogP contribution is 2.39. The summed E-state index contributed by atoms with van der Waals surface area (Å²) in [7, 11) is -3.60. The highest BCUT2D eigenvalue weighted by atomic mass is 32.2. The third kappa shape index (κ3) is 3.20. The lowest BCUT2D eigenvalue weighted by molar-refractivity contribution is 0.343. The lowest BCUT2D eigenvalue weighted by Gasteiger charge is -2.37. The quantitative estimate of drug-likeness (QED) is 0.667. The Morgan fingerprint density at radius 2 is 1.56 bits per heavy atom. The molecule has 1 aliphatic heterocycles. The van der Waals surface area contributed by atoms with Crippen LogP contribution in [-0.2, 0) is 16.4 Å². The van der Waals surface area contributed by atoms with Crippen molar-refractivity contribution < 1.29 is 8.42 Å². The summed E-state index contributed by atoms with van der Waals surface area (Å²) in [6, 6.07) is 22.9. The van der Waals surface area contributed by atoms with Crippen molar-refractivity contribution in [2.45, 2.75) is 31.2 Å². The first-order valence-corrected chi connectivity index (χ1v) is 10.6. The predicted octanol–water partition coefficient (Wildman–Crippen LogP) is 4.64. The molecule has 0 aliphatic carbocycles. The van der Waals surface area contributed by atoms with Crippen molar-refractivity contribution in [2.75, 3.05) is 6.54 Å². The van der Waals surface area contributed by atoms with Gasteiger partial charge in [0.1, 0.15) is 0 Å². The highest BCUT2D eigenvalue weighted by Gasteiger charge is 2.37. The second-order valence-corrected chi connectivity index (χ2v) is 9.03. The van der Waals surface area contributed by atoms with Gasteiger partial charge in [-0.05, 0) is 54.7 Å². The van der Waals surface area contributed by atoms with E-state index in [1.165, 1.54) is 11.1 Å². The lowest BCUT2D eigenvalue weighted by Crippen LogP contribution is -2.40. The number of sulfonamides is 1. The van der Waals surface area contributed by atoms with Crippen LogP contribution in [0.3, 0.4) is 0 Å². The van der Waals surface area contributed by atoms with Gasteiger partial charge in [-0.1, -0.05) is 66.2 Å². The molecule has 0 saturated heterocycles. The molecule has 3 nitrogen and oxygen atoms in total. The van der Waals surface area contributed by atoms with Gasteiger partial charge in [0.15, 0.2) is 0 Å². The smallest absolute Gasteiger partial charge is 0.207 e. The van der Waals surface area contributed by atoms with E-state index in [1.807, 2.05) is 55.5 Å². The Hall–Kier alpha value is -2.43. The molecule has 1 atom stereocenters. The van der Waals surface area contributed by atoms with Crippen LogP contribution in [-0.4, -0.2) is 19.3 Å². The Labute approximate surface area is 161 Å². The van der Waals surface area contributed by atoms with Crippen LogP contribution in [0.2, 0.25) is 0 Å². The zero-order chi connectivity index (χ0) is 19.0. The Morgan fingerprint density at radius 1 is 0.852 bits per heavy atom. The molecule has 1 unspecified atom stereocenters. The zero-order valence-electron chi connectivity index (χ0n) is 15.6. The summed E-state index contributed by atoms with van der Waals surface area (Å²) in [4.78, 5) is 0.352. The molecule has 4 rings (SSSR count). The van der Waals surface area contributed by atoms with Crippen LogP contribution in [0, 0.1) is 13.8 Å². The molecule has 0 bridgehead atoms. The third-order valence-corrected chi connectivity index (χ3v) is 7.23. The Morgan fingerprint density at radius 3 is 2.26 bits per heavy atom. The molecule has 0 saturated carbocycles.